The van der Waals surface area contributed by atoms with Gasteiger partial charge in [-0.15, -0.1) is 0 Å². The van der Waals surface area contributed by atoms with Crippen LogP contribution < -0.4 is 16.4 Å². The largest absolute Gasteiger partial charge is 0.352 e. The Morgan fingerprint density at radius 2 is 2.30 bits per heavy atom. The van der Waals surface area contributed by atoms with Gasteiger partial charge in [0.25, 0.3) is 0 Å². The zero-order valence-corrected chi connectivity index (χ0v) is 12.3. The molecule has 2 aliphatic heterocycles. The van der Waals surface area contributed by atoms with E-state index >= 15 is 0 Å². The summed E-state index contributed by atoms with van der Waals surface area (Å²) in [5.74, 6) is 0.609. The molecule has 20 heavy (non-hydrogen) atoms. The Labute approximate surface area is 120 Å². The van der Waals surface area contributed by atoms with Gasteiger partial charge in [-0.05, 0) is 38.1 Å². The summed E-state index contributed by atoms with van der Waals surface area (Å²) in [6.07, 6.45) is 3.87. The minimum atomic E-state index is -0.488. The second-order valence-corrected chi connectivity index (χ2v) is 6.07. The number of carbonyl (C=O) groups is 2. The molecule has 2 fully saturated rings. The van der Waals surface area contributed by atoms with Gasteiger partial charge in [-0.2, -0.15) is 0 Å². The summed E-state index contributed by atoms with van der Waals surface area (Å²) in [4.78, 5) is 25.6. The maximum Gasteiger partial charge on any atom is 0.312 e. The normalized spacial score (nSPS) is 30.2. The Morgan fingerprint density at radius 1 is 1.50 bits per heavy atom. The molecule has 2 unspecified atom stereocenters. The SMILES string of the molecule is CCC1(C(=O)N2CCCC(CNC(N)=O)C2)CCNC1. The summed E-state index contributed by atoms with van der Waals surface area (Å²) in [6, 6.07) is -0.488. The van der Waals surface area contributed by atoms with Gasteiger partial charge >= 0.3 is 6.03 Å². The molecular formula is C14H26N4O2. The molecule has 2 rings (SSSR count). The smallest absolute Gasteiger partial charge is 0.312 e. The quantitative estimate of drug-likeness (QED) is 0.692. The molecule has 0 spiro atoms. The van der Waals surface area contributed by atoms with Crippen LogP contribution in [0.25, 0.3) is 0 Å². The first-order valence-corrected chi connectivity index (χ1v) is 7.61. The lowest BCUT2D eigenvalue weighted by molar-refractivity contribution is -0.143. The molecule has 6 nitrogen and oxygen atoms in total. The Morgan fingerprint density at radius 3 is 2.90 bits per heavy atom. The van der Waals surface area contributed by atoms with Gasteiger partial charge in [0.2, 0.25) is 5.91 Å². The summed E-state index contributed by atoms with van der Waals surface area (Å²) in [6.45, 7) is 5.97. The van der Waals surface area contributed by atoms with Crippen LogP contribution in [0, 0.1) is 11.3 Å². The zero-order valence-electron chi connectivity index (χ0n) is 12.3. The van der Waals surface area contributed by atoms with Gasteiger partial charge < -0.3 is 21.3 Å². The number of primary amides is 1. The number of likely N-dealkylation sites (tertiary alicyclic amines) is 1. The van der Waals surface area contributed by atoms with E-state index in [0.29, 0.717) is 12.5 Å². The molecule has 4 N–H and O–H groups in total. The summed E-state index contributed by atoms with van der Waals surface area (Å²) in [7, 11) is 0. The second kappa shape index (κ2) is 6.43. The fourth-order valence-corrected chi connectivity index (χ4v) is 3.38. The molecule has 0 bridgehead atoms. The number of nitrogens with zero attached hydrogens (tertiary/aromatic N) is 1. The topological polar surface area (TPSA) is 87.5 Å². The number of hydrogen-bond donors (Lipinski definition) is 3. The molecule has 2 atom stereocenters. The first kappa shape index (κ1) is 15.1. The predicted octanol–water partition coefficient (Wildman–Crippen LogP) is 0.283. The van der Waals surface area contributed by atoms with Gasteiger partial charge in [0.15, 0.2) is 0 Å². The van der Waals surface area contributed by atoms with E-state index in [4.69, 9.17) is 5.73 Å². The van der Waals surface area contributed by atoms with Gasteiger partial charge in [-0.25, -0.2) is 4.79 Å². The Balaban J connectivity index is 1.94. The Kier molecular flexibility index (Phi) is 4.86. The van der Waals surface area contributed by atoms with Crippen LogP contribution >= 0.6 is 0 Å². The maximum absolute atomic E-state index is 12.8. The average molecular weight is 282 g/mol. The monoisotopic (exact) mass is 282 g/mol. The number of urea groups is 1. The van der Waals surface area contributed by atoms with E-state index in [9.17, 15) is 9.59 Å². The number of amides is 3. The van der Waals surface area contributed by atoms with Crippen molar-refractivity contribution in [3.8, 4) is 0 Å². The van der Waals surface area contributed by atoms with Crippen LogP contribution in [0.4, 0.5) is 4.79 Å². The fraction of sp³-hybridized carbons (Fsp3) is 0.857. The Bertz CT molecular complexity index is 366. The summed E-state index contributed by atoms with van der Waals surface area (Å²) < 4.78 is 0. The summed E-state index contributed by atoms with van der Waals surface area (Å²) in [5.41, 5.74) is 4.90. The van der Waals surface area contributed by atoms with Crippen LogP contribution in [-0.2, 0) is 4.79 Å². The van der Waals surface area contributed by atoms with E-state index in [2.05, 4.69) is 17.6 Å². The summed E-state index contributed by atoms with van der Waals surface area (Å²) in [5, 5.41) is 5.97. The lowest BCUT2D eigenvalue weighted by atomic mass is 9.81. The number of nitrogens with one attached hydrogen (secondary N) is 2. The lowest BCUT2D eigenvalue weighted by Crippen LogP contribution is -2.50. The van der Waals surface area contributed by atoms with Crippen molar-refractivity contribution in [2.45, 2.75) is 32.6 Å². The highest BCUT2D eigenvalue weighted by Gasteiger charge is 2.42. The molecule has 6 heteroatoms. The molecule has 2 heterocycles. The van der Waals surface area contributed by atoms with E-state index in [0.717, 1.165) is 51.9 Å². The number of carbonyl (C=O) groups excluding carboxylic acids is 2. The maximum atomic E-state index is 12.8. The fourth-order valence-electron chi connectivity index (χ4n) is 3.38. The minimum Gasteiger partial charge on any atom is -0.352 e. The van der Waals surface area contributed by atoms with Crippen molar-refractivity contribution in [2.75, 3.05) is 32.7 Å². The third-order valence-electron chi connectivity index (χ3n) is 4.75. The highest BCUT2D eigenvalue weighted by atomic mass is 16.2. The molecular weight excluding hydrogens is 256 g/mol. The molecule has 0 aromatic carbocycles. The average Bonchev–Trinajstić information content (AvgIpc) is 2.94. The third-order valence-corrected chi connectivity index (χ3v) is 4.75. The molecule has 0 aliphatic carbocycles. The molecule has 3 amide bonds. The second-order valence-electron chi connectivity index (χ2n) is 6.07. The molecule has 0 aromatic rings. The molecule has 0 aromatic heterocycles. The van der Waals surface area contributed by atoms with Gasteiger partial charge in [-0.1, -0.05) is 6.92 Å². The summed E-state index contributed by atoms with van der Waals surface area (Å²) >= 11 is 0. The van der Waals surface area contributed by atoms with E-state index in [1.165, 1.54) is 0 Å². The first-order valence-electron chi connectivity index (χ1n) is 7.61. The number of hydrogen-bond acceptors (Lipinski definition) is 3. The van der Waals surface area contributed by atoms with Crippen molar-refractivity contribution >= 4 is 11.9 Å². The third kappa shape index (κ3) is 3.23. The van der Waals surface area contributed by atoms with Crippen LogP contribution in [-0.4, -0.2) is 49.6 Å². The predicted molar refractivity (Wildman–Crippen MR) is 77.1 cm³/mol. The van der Waals surface area contributed by atoms with Gasteiger partial charge in [0.05, 0.1) is 5.41 Å². The van der Waals surface area contributed by atoms with Crippen LogP contribution in [0.15, 0.2) is 0 Å². The van der Waals surface area contributed by atoms with Crippen molar-refractivity contribution in [3.05, 3.63) is 0 Å². The van der Waals surface area contributed by atoms with Crippen molar-refractivity contribution in [1.82, 2.24) is 15.5 Å². The highest BCUT2D eigenvalue weighted by Crippen LogP contribution is 2.33. The number of nitrogens with two attached hydrogens (primary N) is 1. The van der Waals surface area contributed by atoms with Crippen molar-refractivity contribution in [3.63, 3.8) is 0 Å². The van der Waals surface area contributed by atoms with Crippen LogP contribution in [0.5, 0.6) is 0 Å². The van der Waals surface area contributed by atoms with E-state index in [1.807, 2.05) is 4.90 Å². The number of piperidine rings is 1. The van der Waals surface area contributed by atoms with Crippen molar-refractivity contribution < 1.29 is 9.59 Å². The lowest BCUT2D eigenvalue weighted by Gasteiger charge is -2.38. The van der Waals surface area contributed by atoms with Gasteiger partial charge in [-0.3, -0.25) is 4.79 Å². The first-order chi connectivity index (χ1) is 9.57. The van der Waals surface area contributed by atoms with Crippen LogP contribution in [0.3, 0.4) is 0 Å². The van der Waals surface area contributed by atoms with Gasteiger partial charge in [0, 0.05) is 26.2 Å². The molecule has 2 saturated heterocycles. The van der Waals surface area contributed by atoms with Crippen LogP contribution in [0.2, 0.25) is 0 Å². The molecule has 0 radical (unpaired) electrons. The van der Waals surface area contributed by atoms with Crippen LogP contribution in [0.1, 0.15) is 32.6 Å². The molecule has 114 valence electrons. The van der Waals surface area contributed by atoms with Crippen molar-refractivity contribution in [2.24, 2.45) is 17.1 Å². The number of rotatable bonds is 4. The van der Waals surface area contributed by atoms with Gasteiger partial charge in [0.1, 0.15) is 0 Å². The highest BCUT2D eigenvalue weighted by molar-refractivity contribution is 5.83. The minimum absolute atomic E-state index is 0.209. The Hall–Kier alpha value is -1.30. The standard InChI is InChI=1S/C14H26N4O2/c1-2-14(5-6-16-10-14)12(19)18-7-3-4-11(9-18)8-17-13(15)20/h11,16H,2-10H2,1H3,(H3,15,17,20). The van der Waals surface area contributed by atoms with E-state index in [1.54, 1.807) is 0 Å². The molecule has 0 saturated carbocycles. The molecule has 2 aliphatic rings. The van der Waals surface area contributed by atoms with Crippen molar-refractivity contribution in [1.29, 1.82) is 0 Å². The van der Waals surface area contributed by atoms with E-state index in [-0.39, 0.29) is 11.3 Å². The van der Waals surface area contributed by atoms with E-state index < -0.39 is 6.03 Å². The zero-order chi connectivity index (χ0) is 14.6.